The van der Waals surface area contributed by atoms with Crippen molar-refractivity contribution in [1.29, 1.82) is 0 Å². The summed E-state index contributed by atoms with van der Waals surface area (Å²) in [6, 6.07) is 4.53. The predicted molar refractivity (Wildman–Crippen MR) is 108 cm³/mol. The second kappa shape index (κ2) is 15.3. The molecule has 25 heavy (non-hydrogen) atoms. The first-order chi connectivity index (χ1) is 11.7. The third-order valence-corrected chi connectivity index (χ3v) is 5.68. The lowest BCUT2D eigenvalue weighted by Gasteiger charge is -2.23. The molecule has 0 spiro atoms. The van der Waals surface area contributed by atoms with E-state index in [1.54, 1.807) is 0 Å². The number of hydrogen-bond donors (Lipinski definition) is 0. The molecular formula is C19H40O4Si2. The molecule has 0 heterocycles. The Balaban J connectivity index is 3.84. The molecule has 0 rings (SSSR count). The van der Waals surface area contributed by atoms with Crippen LogP contribution in [0.4, 0.5) is 0 Å². The fourth-order valence-corrected chi connectivity index (χ4v) is 4.72. The van der Waals surface area contributed by atoms with Gasteiger partial charge in [-0.2, -0.15) is 0 Å². The largest absolute Gasteiger partial charge is 0.350 e. The van der Waals surface area contributed by atoms with Gasteiger partial charge < -0.3 is 18.9 Å². The van der Waals surface area contributed by atoms with Crippen molar-refractivity contribution in [2.24, 2.45) is 0 Å². The minimum atomic E-state index is -0.0518. The molecule has 0 unspecified atom stereocenters. The Labute approximate surface area is 161 Å². The molecule has 0 atom stereocenters. The maximum Gasteiger partial charge on any atom is 0.155 e. The molecule has 0 saturated carbocycles. The van der Waals surface area contributed by atoms with Gasteiger partial charge in [0, 0.05) is 19.0 Å². The average molecular weight is 389 g/mol. The topological polar surface area (TPSA) is 36.9 Å². The van der Waals surface area contributed by atoms with Crippen molar-refractivity contribution in [1.82, 2.24) is 0 Å². The minimum Gasteiger partial charge on any atom is -0.350 e. The zero-order valence-electron chi connectivity index (χ0n) is 17.6. The first kappa shape index (κ1) is 25.3. The summed E-state index contributed by atoms with van der Waals surface area (Å²) in [5.74, 6) is 0. The van der Waals surface area contributed by atoms with E-state index in [0.29, 0.717) is 0 Å². The van der Waals surface area contributed by atoms with Gasteiger partial charge in [0.15, 0.2) is 12.6 Å². The lowest BCUT2D eigenvalue weighted by Crippen LogP contribution is -2.26. The fourth-order valence-electron chi connectivity index (χ4n) is 2.25. The highest BCUT2D eigenvalue weighted by Crippen LogP contribution is 2.12. The van der Waals surface area contributed by atoms with Crippen molar-refractivity contribution in [3.05, 3.63) is 0 Å². The van der Waals surface area contributed by atoms with E-state index >= 15 is 0 Å². The molecule has 0 fully saturated rings. The van der Waals surface area contributed by atoms with Crippen LogP contribution in [0.1, 0.15) is 61.8 Å². The van der Waals surface area contributed by atoms with E-state index in [4.69, 9.17) is 18.9 Å². The van der Waals surface area contributed by atoms with Crippen molar-refractivity contribution in [2.45, 2.75) is 123 Å². The van der Waals surface area contributed by atoms with Gasteiger partial charge in [-0.25, -0.2) is 0 Å². The molecule has 4 nitrogen and oxygen atoms in total. The Morgan fingerprint density at radius 1 is 0.520 bits per heavy atom. The van der Waals surface area contributed by atoms with Crippen molar-refractivity contribution < 1.29 is 18.9 Å². The van der Waals surface area contributed by atoms with Crippen LogP contribution in [-0.4, -0.2) is 56.0 Å². The fraction of sp³-hybridized carbons (Fsp3) is 1.00. The molecule has 0 N–H and O–H groups in total. The number of ether oxygens (including phenoxy) is 4. The van der Waals surface area contributed by atoms with Crippen LogP contribution in [-0.2, 0) is 18.9 Å². The van der Waals surface area contributed by atoms with Gasteiger partial charge in [0.1, 0.15) is 0 Å². The average Bonchev–Trinajstić information content (AvgIpc) is 2.43. The smallest absolute Gasteiger partial charge is 0.155 e. The summed E-state index contributed by atoms with van der Waals surface area (Å²) in [5.41, 5.74) is 0. The molecule has 0 aromatic rings. The van der Waals surface area contributed by atoms with Crippen molar-refractivity contribution in [3.8, 4) is 0 Å². The van der Waals surface area contributed by atoms with Crippen LogP contribution in [0.25, 0.3) is 0 Å². The Morgan fingerprint density at radius 3 is 1.04 bits per heavy atom. The SMILES string of the molecule is CC(C)OC(C[Si]CCC[Si]CC(OC(C)C)OC(C)C)OC(C)C. The molecule has 0 aliphatic heterocycles. The first-order valence-electron chi connectivity index (χ1n) is 9.74. The molecule has 0 amide bonds. The second-order valence-corrected chi connectivity index (χ2v) is 10.2. The molecule has 0 aliphatic carbocycles. The van der Waals surface area contributed by atoms with Crippen molar-refractivity contribution >= 4 is 19.0 Å². The zero-order chi connectivity index (χ0) is 19.2. The highest BCUT2D eigenvalue weighted by atomic mass is 28.2. The summed E-state index contributed by atoms with van der Waals surface area (Å²) in [6.07, 6.45) is 2.03. The Kier molecular flexibility index (Phi) is 15.5. The molecule has 0 aliphatic rings. The van der Waals surface area contributed by atoms with E-state index in [9.17, 15) is 0 Å². The Bertz CT molecular complexity index is 251. The van der Waals surface area contributed by atoms with E-state index in [-0.39, 0.29) is 37.0 Å². The van der Waals surface area contributed by atoms with Crippen LogP contribution in [0.15, 0.2) is 0 Å². The van der Waals surface area contributed by atoms with Gasteiger partial charge in [-0.15, -0.1) is 0 Å². The van der Waals surface area contributed by atoms with E-state index in [1.165, 1.54) is 18.5 Å². The quantitative estimate of drug-likeness (QED) is 0.216. The summed E-state index contributed by atoms with van der Waals surface area (Å²) in [5, 5.41) is 0. The van der Waals surface area contributed by atoms with Crippen molar-refractivity contribution in [3.63, 3.8) is 0 Å². The molecule has 148 valence electrons. The normalized spacial score (nSPS) is 12.7. The highest BCUT2D eigenvalue weighted by molar-refractivity contribution is 6.37. The Morgan fingerprint density at radius 2 is 0.800 bits per heavy atom. The Hall–Kier alpha value is 0.274. The lowest BCUT2D eigenvalue weighted by molar-refractivity contribution is -0.169. The van der Waals surface area contributed by atoms with E-state index in [1.807, 2.05) is 0 Å². The molecule has 4 radical (unpaired) electrons. The maximum atomic E-state index is 5.85. The third-order valence-electron chi connectivity index (χ3n) is 3.02. The molecule has 0 bridgehead atoms. The number of rotatable bonds is 16. The third kappa shape index (κ3) is 17.4. The van der Waals surface area contributed by atoms with Gasteiger partial charge in [0.2, 0.25) is 0 Å². The van der Waals surface area contributed by atoms with Crippen molar-refractivity contribution in [2.75, 3.05) is 0 Å². The van der Waals surface area contributed by atoms with Gasteiger partial charge >= 0.3 is 0 Å². The van der Waals surface area contributed by atoms with Crippen LogP contribution in [0, 0.1) is 0 Å². The van der Waals surface area contributed by atoms with Gasteiger partial charge in [-0.05, 0) is 67.5 Å². The highest BCUT2D eigenvalue weighted by Gasteiger charge is 2.15. The van der Waals surface area contributed by atoms with Crippen LogP contribution >= 0.6 is 0 Å². The van der Waals surface area contributed by atoms with Gasteiger partial charge in [-0.1, -0.05) is 18.5 Å². The summed E-state index contributed by atoms with van der Waals surface area (Å²) >= 11 is 0. The predicted octanol–water partition coefficient (Wildman–Crippen LogP) is 4.81. The summed E-state index contributed by atoms with van der Waals surface area (Å²) in [4.78, 5) is 0. The van der Waals surface area contributed by atoms with Gasteiger partial charge in [-0.3, -0.25) is 0 Å². The van der Waals surface area contributed by atoms with Gasteiger partial charge in [0.05, 0.1) is 24.4 Å². The van der Waals surface area contributed by atoms with Gasteiger partial charge in [0.25, 0.3) is 0 Å². The van der Waals surface area contributed by atoms with Crippen LogP contribution < -0.4 is 0 Å². The summed E-state index contributed by atoms with van der Waals surface area (Å²) < 4.78 is 23.4. The second-order valence-electron chi connectivity index (χ2n) is 7.36. The van der Waals surface area contributed by atoms with E-state index < -0.39 is 0 Å². The molecule has 0 aromatic heterocycles. The number of hydrogen-bond acceptors (Lipinski definition) is 4. The van der Waals surface area contributed by atoms with Crippen LogP contribution in [0.2, 0.25) is 24.2 Å². The van der Waals surface area contributed by atoms with Crippen LogP contribution in [0.3, 0.4) is 0 Å². The monoisotopic (exact) mass is 388 g/mol. The van der Waals surface area contributed by atoms with E-state index in [0.717, 1.165) is 31.1 Å². The zero-order valence-corrected chi connectivity index (χ0v) is 19.6. The summed E-state index contributed by atoms with van der Waals surface area (Å²) in [7, 11) is 1.80. The minimum absolute atomic E-state index is 0.0518. The molecule has 0 aromatic carbocycles. The maximum absolute atomic E-state index is 5.85. The molecule has 6 heteroatoms. The molecule has 0 saturated heterocycles. The standard InChI is InChI=1S/C19H40O4Si2/c1-14(2)20-18(21-15(3)4)12-24-10-9-11-25-13-19(22-16(5)6)23-17(7)8/h14-19H,9-13H2,1-8H3. The first-order valence-corrected chi connectivity index (χ1v) is 12.6. The summed E-state index contributed by atoms with van der Waals surface area (Å²) in [6.45, 7) is 16.5. The van der Waals surface area contributed by atoms with E-state index in [2.05, 4.69) is 55.4 Å². The molecular weight excluding hydrogens is 348 g/mol. The van der Waals surface area contributed by atoms with Crippen LogP contribution in [0.5, 0.6) is 0 Å². The lowest BCUT2D eigenvalue weighted by atomic mass is 10.4.